The molecule has 3 rings (SSSR count). The number of aliphatic hydroxyl groups is 1. The van der Waals surface area contributed by atoms with Crippen molar-refractivity contribution in [2.24, 2.45) is 11.8 Å². The van der Waals surface area contributed by atoms with E-state index in [4.69, 9.17) is 4.74 Å². The number of hydrogen-bond donors (Lipinski definition) is 1. The topological polar surface area (TPSA) is 63.6 Å². The SMILES string of the molecule is COC(=O)CCc1cccc(C[C@H]2CCC(=O)[C@@H]2CSc2cc(C)c(CCO)c(C)c2)c1. The molecule has 172 valence electrons. The Kier molecular flexibility index (Phi) is 8.94. The van der Waals surface area contributed by atoms with E-state index in [0.717, 1.165) is 24.2 Å². The largest absolute Gasteiger partial charge is 0.469 e. The second kappa shape index (κ2) is 11.7. The van der Waals surface area contributed by atoms with E-state index in [1.807, 2.05) is 12.1 Å². The Hall–Kier alpha value is -2.11. The third-order valence-electron chi connectivity index (χ3n) is 6.54. The van der Waals surface area contributed by atoms with Gasteiger partial charge in [-0.2, -0.15) is 0 Å². The number of ether oxygens (including phenoxy) is 1. The van der Waals surface area contributed by atoms with Crippen molar-refractivity contribution in [1.29, 1.82) is 0 Å². The molecule has 1 N–H and O–H groups in total. The van der Waals surface area contributed by atoms with Crippen LogP contribution in [0.2, 0.25) is 0 Å². The van der Waals surface area contributed by atoms with Gasteiger partial charge in [0.05, 0.1) is 7.11 Å². The first-order valence-electron chi connectivity index (χ1n) is 11.4. The van der Waals surface area contributed by atoms with Gasteiger partial charge in [-0.05, 0) is 85.4 Å². The summed E-state index contributed by atoms with van der Waals surface area (Å²) in [6.07, 6.45) is 4.27. The minimum absolute atomic E-state index is 0.0801. The summed E-state index contributed by atoms with van der Waals surface area (Å²) in [6.45, 7) is 4.36. The van der Waals surface area contributed by atoms with Crippen molar-refractivity contribution in [3.63, 3.8) is 0 Å². The molecule has 0 aromatic heterocycles. The van der Waals surface area contributed by atoms with Gasteiger partial charge in [0.25, 0.3) is 0 Å². The van der Waals surface area contributed by atoms with E-state index < -0.39 is 0 Å². The Bertz CT molecular complexity index is 929. The van der Waals surface area contributed by atoms with Crippen LogP contribution in [0.5, 0.6) is 0 Å². The first kappa shape index (κ1) is 24.5. The zero-order valence-electron chi connectivity index (χ0n) is 19.4. The van der Waals surface area contributed by atoms with Gasteiger partial charge in [-0.1, -0.05) is 24.3 Å². The van der Waals surface area contributed by atoms with Crippen LogP contribution >= 0.6 is 11.8 Å². The predicted molar refractivity (Wildman–Crippen MR) is 129 cm³/mol. The summed E-state index contributed by atoms with van der Waals surface area (Å²) in [5.74, 6) is 1.45. The lowest BCUT2D eigenvalue weighted by Gasteiger charge is -2.19. The highest BCUT2D eigenvalue weighted by atomic mass is 32.2. The van der Waals surface area contributed by atoms with Crippen LogP contribution in [0.25, 0.3) is 0 Å². The molecular formula is C27H34O4S. The minimum Gasteiger partial charge on any atom is -0.469 e. The fourth-order valence-corrected chi connectivity index (χ4v) is 6.09. The molecule has 4 nitrogen and oxygen atoms in total. The fourth-order valence-electron chi connectivity index (χ4n) is 4.74. The van der Waals surface area contributed by atoms with Gasteiger partial charge in [-0.3, -0.25) is 9.59 Å². The third-order valence-corrected chi connectivity index (χ3v) is 7.63. The van der Waals surface area contributed by atoms with E-state index in [-0.39, 0.29) is 18.5 Å². The van der Waals surface area contributed by atoms with Crippen molar-refractivity contribution in [3.8, 4) is 0 Å². The second-order valence-corrected chi connectivity index (χ2v) is 9.89. The van der Waals surface area contributed by atoms with Crippen molar-refractivity contribution in [2.75, 3.05) is 19.5 Å². The Labute approximate surface area is 195 Å². The first-order valence-corrected chi connectivity index (χ1v) is 12.4. The molecule has 0 bridgehead atoms. The number of esters is 1. The molecule has 32 heavy (non-hydrogen) atoms. The summed E-state index contributed by atoms with van der Waals surface area (Å²) in [5, 5.41) is 9.28. The summed E-state index contributed by atoms with van der Waals surface area (Å²) in [7, 11) is 1.42. The number of rotatable bonds is 10. The third kappa shape index (κ3) is 6.46. The molecule has 2 aromatic carbocycles. The van der Waals surface area contributed by atoms with Crippen LogP contribution in [0.15, 0.2) is 41.3 Å². The molecular weight excluding hydrogens is 420 g/mol. The second-order valence-electron chi connectivity index (χ2n) is 8.79. The van der Waals surface area contributed by atoms with Gasteiger partial charge in [0.15, 0.2) is 0 Å². The predicted octanol–water partition coefficient (Wildman–Crippen LogP) is 4.87. The standard InChI is InChI=1S/C27H34O4S/c1-18-13-23(14-19(2)24(18)11-12-28)32-17-25-22(8-9-26(25)29)16-21-6-4-5-20(15-21)7-10-27(30)31-3/h4-6,13-15,22,25,28H,7-12,16-17H2,1-3H3/t22-,25-/m1/s1. The molecule has 0 amide bonds. The Morgan fingerprint density at radius 2 is 1.84 bits per heavy atom. The molecule has 0 heterocycles. The summed E-state index contributed by atoms with van der Waals surface area (Å²) in [5.41, 5.74) is 6.01. The summed E-state index contributed by atoms with van der Waals surface area (Å²) >= 11 is 1.77. The number of benzene rings is 2. The summed E-state index contributed by atoms with van der Waals surface area (Å²) in [4.78, 5) is 25.3. The lowest BCUT2D eigenvalue weighted by Crippen LogP contribution is -2.19. The molecule has 0 spiro atoms. The molecule has 5 heteroatoms. The normalized spacial score (nSPS) is 18.2. The van der Waals surface area contributed by atoms with Crippen LogP contribution < -0.4 is 0 Å². The van der Waals surface area contributed by atoms with E-state index in [2.05, 4.69) is 38.1 Å². The van der Waals surface area contributed by atoms with E-state index in [0.29, 0.717) is 37.4 Å². The van der Waals surface area contributed by atoms with Gasteiger partial charge in [-0.25, -0.2) is 0 Å². The Morgan fingerprint density at radius 1 is 1.12 bits per heavy atom. The molecule has 1 fully saturated rings. The van der Waals surface area contributed by atoms with Crippen LogP contribution in [0.1, 0.15) is 47.1 Å². The number of hydrogen-bond acceptors (Lipinski definition) is 5. The van der Waals surface area contributed by atoms with Crippen molar-refractivity contribution in [3.05, 3.63) is 64.2 Å². The van der Waals surface area contributed by atoms with E-state index in [9.17, 15) is 14.7 Å². The fraction of sp³-hybridized carbons (Fsp3) is 0.481. The number of Topliss-reactive ketones (excluding diaryl/α,β-unsaturated/α-hetero) is 1. The molecule has 0 radical (unpaired) electrons. The molecule has 2 atom stereocenters. The maximum atomic E-state index is 12.7. The van der Waals surface area contributed by atoms with Crippen molar-refractivity contribution < 1.29 is 19.4 Å². The van der Waals surface area contributed by atoms with Crippen LogP contribution in [-0.2, 0) is 33.6 Å². The lowest BCUT2D eigenvalue weighted by atomic mass is 9.89. The highest BCUT2D eigenvalue weighted by Crippen LogP contribution is 2.36. The van der Waals surface area contributed by atoms with Crippen LogP contribution in [-0.4, -0.2) is 36.3 Å². The van der Waals surface area contributed by atoms with Gasteiger partial charge in [-0.15, -0.1) is 11.8 Å². The van der Waals surface area contributed by atoms with Gasteiger partial charge in [0, 0.05) is 36.0 Å². The number of ketones is 1. The first-order chi connectivity index (χ1) is 15.4. The number of carbonyl (C=O) groups is 2. The molecule has 1 aliphatic carbocycles. The number of aryl methyl sites for hydroxylation is 3. The molecule has 0 saturated heterocycles. The van der Waals surface area contributed by atoms with Crippen LogP contribution in [0, 0.1) is 25.7 Å². The average Bonchev–Trinajstić information content (AvgIpc) is 3.12. The summed E-state index contributed by atoms with van der Waals surface area (Å²) < 4.78 is 4.74. The monoisotopic (exact) mass is 454 g/mol. The van der Waals surface area contributed by atoms with Crippen molar-refractivity contribution >= 4 is 23.5 Å². The number of thioether (sulfide) groups is 1. The molecule has 1 saturated carbocycles. The molecule has 0 aliphatic heterocycles. The lowest BCUT2D eigenvalue weighted by molar-refractivity contribution is -0.140. The van der Waals surface area contributed by atoms with E-state index in [1.165, 1.54) is 34.3 Å². The molecule has 0 unspecified atom stereocenters. The van der Waals surface area contributed by atoms with Gasteiger partial charge in [0.2, 0.25) is 0 Å². The van der Waals surface area contributed by atoms with E-state index in [1.54, 1.807) is 11.8 Å². The zero-order chi connectivity index (χ0) is 23.1. The van der Waals surface area contributed by atoms with Gasteiger partial charge in [0.1, 0.15) is 5.78 Å². The maximum Gasteiger partial charge on any atom is 0.305 e. The number of carbonyl (C=O) groups excluding carboxylic acids is 2. The molecule has 2 aromatic rings. The highest BCUT2D eigenvalue weighted by Gasteiger charge is 2.34. The number of methoxy groups -OCH3 is 1. The van der Waals surface area contributed by atoms with Crippen LogP contribution in [0.4, 0.5) is 0 Å². The van der Waals surface area contributed by atoms with Crippen molar-refractivity contribution in [1.82, 2.24) is 0 Å². The van der Waals surface area contributed by atoms with Crippen LogP contribution in [0.3, 0.4) is 0 Å². The van der Waals surface area contributed by atoms with Gasteiger partial charge < -0.3 is 9.84 Å². The molecule has 1 aliphatic rings. The smallest absolute Gasteiger partial charge is 0.305 e. The summed E-state index contributed by atoms with van der Waals surface area (Å²) in [6, 6.07) is 12.8. The number of aliphatic hydroxyl groups excluding tert-OH is 1. The average molecular weight is 455 g/mol. The Morgan fingerprint density at radius 3 is 2.53 bits per heavy atom. The van der Waals surface area contributed by atoms with E-state index >= 15 is 0 Å². The maximum absolute atomic E-state index is 12.7. The quantitative estimate of drug-likeness (QED) is 0.410. The van der Waals surface area contributed by atoms with Crippen molar-refractivity contribution in [2.45, 2.75) is 57.3 Å². The zero-order valence-corrected chi connectivity index (χ0v) is 20.2. The highest BCUT2D eigenvalue weighted by molar-refractivity contribution is 7.99. The Balaban J connectivity index is 1.63. The van der Waals surface area contributed by atoms with Gasteiger partial charge >= 0.3 is 5.97 Å². The minimum atomic E-state index is -0.191.